The molecule has 64 valence electrons. The maximum absolute atomic E-state index is 4.68. The van der Waals surface area contributed by atoms with Gasteiger partial charge in [-0.25, -0.2) is 0 Å². The summed E-state index contributed by atoms with van der Waals surface area (Å²) in [7, 11) is 0. The number of benzene rings is 1. The molecule has 0 unspecified atom stereocenters. The van der Waals surface area contributed by atoms with Crippen LogP contribution in [0.1, 0.15) is 24.8 Å². The molecule has 1 fully saturated rings. The molecule has 2 rings (SSSR count). The van der Waals surface area contributed by atoms with Crippen molar-refractivity contribution in [1.82, 2.24) is 0 Å². The molecule has 0 amide bonds. The van der Waals surface area contributed by atoms with Gasteiger partial charge in [0.25, 0.3) is 0 Å². The largest absolute Gasteiger partial charge is 0.172 e. The molecule has 1 aliphatic rings. The van der Waals surface area contributed by atoms with E-state index in [0.717, 1.165) is 6.42 Å². The Labute approximate surface area is 79.4 Å². The summed E-state index contributed by atoms with van der Waals surface area (Å²) < 4.78 is 0.321. The third-order valence-electron chi connectivity index (χ3n) is 2.66. The lowest BCUT2D eigenvalue weighted by atomic mass is 9.80. The Kier molecular flexibility index (Phi) is 2.14. The van der Waals surface area contributed by atoms with E-state index in [1.165, 1.54) is 24.8 Å². The number of hydrogen-bond acceptors (Lipinski definition) is 1. The van der Waals surface area contributed by atoms with Crippen LogP contribution in [0.15, 0.2) is 30.3 Å². The molecule has 0 N–H and O–H groups in total. The van der Waals surface area contributed by atoms with Gasteiger partial charge in [0.2, 0.25) is 0 Å². The predicted molar refractivity (Wildman–Crippen MR) is 55.7 cm³/mol. The Morgan fingerprint density at radius 1 is 1.17 bits per heavy atom. The van der Waals surface area contributed by atoms with Gasteiger partial charge in [-0.3, -0.25) is 0 Å². The molecule has 1 aromatic rings. The minimum Gasteiger partial charge on any atom is -0.172 e. The highest BCUT2D eigenvalue weighted by molar-refractivity contribution is 7.81. The molecular weight excluding hydrogens is 164 g/mol. The van der Waals surface area contributed by atoms with Gasteiger partial charge < -0.3 is 0 Å². The summed E-state index contributed by atoms with van der Waals surface area (Å²) in [6, 6.07) is 10.7. The van der Waals surface area contributed by atoms with Crippen molar-refractivity contribution < 1.29 is 0 Å². The molecule has 0 radical (unpaired) electrons. The second-order valence-electron chi connectivity index (χ2n) is 3.74. The van der Waals surface area contributed by atoms with E-state index in [1.54, 1.807) is 0 Å². The zero-order valence-electron chi connectivity index (χ0n) is 7.16. The minimum absolute atomic E-state index is 0.321. The summed E-state index contributed by atoms with van der Waals surface area (Å²) in [5, 5.41) is 0. The average Bonchev–Trinajstić information content (AvgIpc) is 2.04. The van der Waals surface area contributed by atoms with Crippen molar-refractivity contribution in [3.05, 3.63) is 35.9 Å². The van der Waals surface area contributed by atoms with E-state index < -0.39 is 0 Å². The lowest BCUT2D eigenvalue weighted by molar-refractivity contribution is 0.364. The van der Waals surface area contributed by atoms with Gasteiger partial charge in [-0.2, -0.15) is 12.6 Å². The molecule has 0 heterocycles. The Morgan fingerprint density at radius 2 is 1.83 bits per heavy atom. The van der Waals surface area contributed by atoms with E-state index in [2.05, 4.69) is 43.0 Å². The first-order valence-electron chi connectivity index (χ1n) is 4.55. The first kappa shape index (κ1) is 8.18. The summed E-state index contributed by atoms with van der Waals surface area (Å²) in [5.74, 6) is 0. The quantitative estimate of drug-likeness (QED) is 0.661. The van der Waals surface area contributed by atoms with Crippen molar-refractivity contribution in [1.29, 1.82) is 0 Å². The normalized spacial score (nSPS) is 20.1. The molecule has 0 nitrogen and oxygen atoms in total. The highest BCUT2D eigenvalue weighted by Crippen LogP contribution is 2.40. The third kappa shape index (κ3) is 1.66. The third-order valence-corrected chi connectivity index (χ3v) is 3.27. The monoisotopic (exact) mass is 178 g/mol. The molecule has 12 heavy (non-hydrogen) atoms. The average molecular weight is 178 g/mol. The molecule has 0 aromatic heterocycles. The SMILES string of the molecule is SC1(Cc2ccccc2)CCC1. The lowest BCUT2D eigenvalue weighted by Gasteiger charge is -2.37. The molecular formula is C11H14S. The van der Waals surface area contributed by atoms with Crippen LogP contribution in [0.4, 0.5) is 0 Å². The first-order chi connectivity index (χ1) is 5.79. The molecule has 1 heteroatoms. The highest BCUT2D eigenvalue weighted by atomic mass is 32.1. The standard InChI is InChI=1S/C11H14S/c12-11(7-4-8-11)9-10-5-2-1-3-6-10/h1-3,5-6,12H,4,7-9H2. The van der Waals surface area contributed by atoms with Crippen LogP contribution >= 0.6 is 12.6 Å². The van der Waals surface area contributed by atoms with Crippen molar-refractivity contribution in [2.24, 2.45) is 0 Å². The summed E-state index contributed by atoms with van der Waals surface area (Å²) in [5.41, 5.74) is 1.42. The minimum atomic E-state index is 0.321. The number of hydrogen-bond donors (Lipinski definition) is 1. The molecule has 0 aliphatic heterocycles. The number of rotatable bonds is 2. The predicted octanol–water partition coefficient (Wildman–Crippen LogP) is 3.08. The number of thiol groups is 1. The van der Waals surface area contributed by atoms with Crippen molar-refractivity contribution >= 4 is 12.6 Å². The van der Waals surface area contributed by atoms with E-state index in [4.69, 9.17) is 0 Å². The maximum atomic E-state index is 4.68. The van der Waals surface area contributed by atoms with Crippen LogP contribution in [0.2, 0.25) is 0 Å². The molecule has 0 saturated heterocycles. The van der Waals surface area contributed by atoms with Gasteiger partial charge in [0, 0.05) is 4.75 Å². The van der Waals surface area contributed by atoms with Gasteiger partial charge in [-0.05, 0) is 24.8 Å². The fourth-order valence-corrected chi connectivity index (χ4v) is 2.24. The fourth-order valence-electron chi connectivity index (χ4n) is 1.74. The van der Waals surface area contributed by atoms with Gasteiger partial charge in [-0.15, -0.1) is 0 Å². The van der Waals surface area contributed by atoms with E-state index in [1.807, 2.05) is 0 Å². The van der Waals surface area contributed by atoms with Gasteiger partial charge in [0.1, 0.15) is 0 Å². The molecule has 1 aromatic carbocycles. The van der Waals surface area contributed by atoms with Crippen LogP contribution < -0.4 is 0 Å². The zero-order chi connectivity index (χ0) is 8.44. The first-order valence-corrected chi connectivity index (χ1v) is 5.00. The Bertz CT molecular complexity index is 249. The molecule has 1 saturated carbocycles. The lowest BCUT2D eigenvalue weighted by Crippen LogP contribution is -2.32. The van der Waals surface area contributed by atoms with Crippen LogP contribution in [0.25, 0.3) is 0 Å². The smallest absolute Gasteiger partial charge is 0.0170 e. The van der Waals surface area contributed by atoms with Crippen LogP contribution in [0.3, 0.4) is 0 Å². The summed E-state index contributed by atoms with van der Waals surface area (Å²) >= 11 is 4.68. The highest BCUT2D eigenvalue weighted by Gasteiger charge is 2.32. The van der Waals surface area contributed by atoms with Crippen LogP contribution in [-0.2, 0) is 6.42 Å². The van der Waals surface area contributed by atoms with E-state index in [9.17, 15) is 0 Å². The Hall–Kier alpha value is -0.430. The van der Waals surface area contributed by atoms with Gasteiger partial charge in [0.05, 0.1) is 0 Å². The fraction of sp³-hybridized carbons (Fsp3) is 0.455. The van der Waals surface area contributed by atoms with Gasteiger partial charge in [-0.1, -0.05) is 36.8 Å². The van der Waals surface area contributed by atoms with Crippen LogP contribution in [0, 0.1) is 0 Å². The molecule has 0 bridgehead atoms. The maximum Gasteiger partial charge on any atom is 0.0170 e. The second-order valence-corrected chi connectivity index (χ2v) is 4.69. The van der Waals surface area contributed by atoms with Crippen molar-refractivity contribution in [3.63, 3.8) is 0 Å². The Balaban J connectivity index is 2.04. The van der Waals surface area contributed by atoms with Crippen LogP contribution in [-0.4, -0.2) is 4.75 Å². The van der Waals surface area contributed by atoms with Gasteiger partial charge in [0.15, 0.2) is 0 Å². The second kappa shape index (κ2) is 3.14. The van der Waals surface area contributed by atoms with Crippen molar-refractivity contribution in [2.45, 2.75) is 30.4 Å². The Morgan fingerprint density at radius 3 is 2.33 bits per heavy atom. The zero-order valence-corrected chi connectivity index (χ0v) is 8.06. The van der Waals surface area contributed by atoms with E-state index >= 15 is 0 Å². The van der Waals surface area contributed by atoms with E-state index in [0.29, 0.717) is 4.75 Å². The van der Waals surface area contributed by atoms with Crippen molar-refractivity contribution in [2.75, 3.05) is 0 Å². The summed E-state index contributed by atoms with van der Waals surface area (Å²) in [4.78, 5) is 0. The van der Waals surface area contributed by atoms with E-state index in [-0.39, 0.29) is 0 Å². The van der Waals surface area contributed by atoms with Crippen LogP contribution in [0.5, 0.6) is 0 Å². The molecule has 0 atom stereocenters. The summed E-state index contributed by atoms with van der Waals surface area (Å²) in [6.45, 7) is 0. The van der Waals surface area contributed by atoms with Crippen molar-refractivity contribution in [3.8, 4) is 0 Å². The molecule has 0 spiro atoms. The topological polar surface area (TPSA) is 0 Å². The van der Waals surface area contributed by atoms with Gasteiger partial charge >= 0.3 is 0 Å². The summed E-state index contributed by atoms with van der Waals surface area (Å²) in [6.07, 6.45) is 5.06. The molecule has 1 aliphatic carbocycles.